The SMILES string of the molecule is COc1ccc(OC)c(-c2cc(C(=O)N3CCCC(Oc4ccnc(OC)n4)C3)n(C)n2)c1. The molecule has 33 heavy (non-hydrogen) atoms. The van der Waals surface area contributed by atoms with Gasteiger partial charge in [-0.3, -0.25) is 9.48 Å². The third-order valence-corrected chi connectivity index (χ3v) is 5.52. The van der Waals surface area contributed by atoms with Crippen molar-refractivity contribution in [2.75, 3.05) is 34.4 Å². The number of piperidine rings is 1. The molecule has 1 fully saturated rings. The van der Waals surface area contributed by atoms with E-state index in [1.54, 1.807) is 49.2 Å². The van der Waals surface area contributed by atoms with Gasteiger partial charge in [0.2, 0.25) is 5.88 Å². The molecular weight excluding hydrogens is 426 g/mol. The number of hydrogen-bond donors (Lipinski definition) is 0. The Morgan fingerprint density at radius 1 is 1.09 bits per heavy atom. The van der Waals surface area contributed by atoms with E-state index >= 15 is 0 Å². The molecule has 174 valence electrons. The number of aromatic nitrogens is 4. The number of likely N-dealkylation sites (tertiary alicyclic amines) is 1. The highest BCUT2D eigenvalue weighted by Gasteiger charge is 2.28. The Hall–Kier alpha value is -3.82. The number of amides is 1. The first-order valence-electron chi connectivity index (χ1n) is 10.6. The average Bonchev–Trinajstić information content (AvgIpc) is 3.24. The Morgan fingerprint density at radius 3 is 2.70 bits per heavy atom. The summed E-state index contributed by atoms with van der Waals surface area (Å²) in [4.78, 5) is 23.3. The van der Waals surface area contributed by atoms with Gasteiger partial charge in [-0.05, 0) is 37.1 Å². The van der Waals surface area contributed by atoms with Crippen molar-refractivity contribution in [2.24, 2.45) is 7.05 Å². The standard InChI is InChI=1S/C23H27N5O5/c1-27-19(13-18(26-27)17-12-15(30-2)7-8-20(17)31-3)22(29)28-11-5-6-16(14-28)33-21-9-10-24-23(25-21)32-4/h7-10,12-13,16H,5-6,11,14H2,1-4H3. The highest BCUT2D eigenvalue weighted by molar-refractivity contribution is 5.94. The molecule has 3 aromatic rings. The fraction of sp³-hybridized carbons (Fsp3) is 0.391. The molecule has 0 aliphatic carbocycles. The average molecular weight is 453 g/mol. The Morgan fingerprint density at radius 2 is 1.94 bits per heavy atom. The summed E-state index contributed by atoms with van der Waals surface area (Å²) in [6.07, 6.45) is 3.06. The molecule has 3 heterocycles. The molecule has 0 radical (unpaired) electrons. The third-order valence-electron chi connectivity index (χ3n) is 5.52. The van der Waals surface area contributed by atoms with Gasteiger partial charge in [0.05, 0.1) is 33.6 Å². The molecule has 0 spiro atoms. The molecule has 1 aliphatic rings. The van der Waals surface area contributed by atoms with Crippen molar-refractivity contribution in [3.8, 4) is 34.6 Å². The van der Waals surface area contributed by atoms with Crippen molar-refractivity contribution in [3.05, 3.63) is 42.2 Å². The summed E-state index contributed by atoms with van der Waals surface area (Å²) in [5, 5.41) is 4.56. The number of rotatable bonds is 7. The van der Waals surface area contributed by atoms with E-state index in [1.165, 1.54) is 7.11 Å². The molecule has 0 saturated carbocycles. The quantitative estimate of drug-likeness (QED) is 0.538. The van der Waals surface area contributed by atoms with Crippen molar-refractivity contribution in [2.45, 2.75) is 18.9 Å². The summed E-state index contributed by atoms with van der Waals surface area (Å²) in [5.41, 5.74) is 1.87. The fourth-order valence-electron chi connectivity index (χ4n) is 3.85. The van der Waals surface area contributed by atoms with Gasteiger partial charge in [-0.15, -0.1) is 0 Å². The molecule has 0 bridgehead atoms. The van der Waals surface area contributed by atoms with Crippen molar-refractivity contribution in [3.63, 3.8) is 0 Å². The van der Waals surface area contributed by atoms with Crippen molar-refractivity contribution >= 4 is 5.91 Å². The summed E-state index contributed by atoms with van der Waals surface area (Å²) in [7, 11) is 6.46. The lowest BCUT2D eigenvalue weighted by atomic mass is 10.1. The minimum absolute atomic E-state index is 0.105. The largest absolute Gasteiger partial charge is 0.497 e. The van der Waals surface area contributed by atoms with E-state index in [4.69, 9.17) is 18.9 Å². The molecule has 10 nitrogen and oxygen atoms in total. The number of methoxy groups -OCH3 is 3. The van der Waals surface area contributed by atoms with Crippen LogP contribution >= 0.6 is 0 Å². The summed E-state index contributed by atoms with van der Waals surface area (Å²) in [6.45, 7) is 1.10. The Balaban J connectivity index is 1.52. The van der Waals surface area contributed by atoms with Crippen LogP contribution in [0.5, 0.6) is 23.4 Å². The van der Waals surface area contributed by atoms with E-state index in [1.807, 2.05) is 18.2 Å². The lowest BCUT2D eigenvalue weighted by Crippen LogP contribution is -2.45. The maximum absolute atomic E-state index is 13.3. The van der Waals surface area contributed by atoms with Gasteiger partial charge in [0.1, 0.15) is 23.3 Å². The Kier molecular flexibility index (Phi) is 6.62. The second kappa shape index (κ2) is 9.76. The molecule has 1 unspecified atom stereocenters. The van der Waals surface area contributed by atoms with Crippen LogP contribution in [0, 0.1) is 0 Å². The van der Waals surface area contributed by atoms with E-state index in [9.17, 15) is 4.79 Å². The Labute approximate surface area is 192 Å². The zero-order valence-corrected chi connectivity index (χ0v) is 19.1. The second-order valence-corrected chi connectivity index (χ2v) is 7.62. The van der Waals surface area contributed by atoms with E-state index in [0.29, 0.717) is 41.9 Å². The highest BCUT2D eigenvalue weighted by Crippen LogP contribution is 2.33. The predicted molar refractivity (Wildman–Crippen MR) is 120 cm³/mol. The second-order valence-electron chi connectivity index (χ2n) is 7.62. The van der Waals surface area contributed by atoms with E-state index in [2.05, 4.69) is 15.1 Å². The van der Waals surface area contributed by atoms with Crippen LogP contribution in [0.2, 0.25) is 0 Å². The van der Waals surface area contributed by atoms with E-state index in [-0.39, 0.29) is 18.0 Å². The Bertz CT molecular complexity index is 1130. The van der Waals surface area contributed by atoms with Crippen LogP contribution in [0.4, 0.5) is 0 Å². The fourth-order valence-corrected chi connectivity index (χ4v) is 3.85. The van der Waals surface area contributed by atoms with Gasteiger partial charge in [0.15, 0.2) is 0 Å². The zero-order chi connectivity index (χ0) is 23.4. The first-order valence-corrected chi connectivity index (χ1v) is 10.6. The van der Waals surface area contributed by atoms with Crippen LogP contribution in [0.3, 0.4) is 0 Å². The molecule has 0 N–H and O–H groups in total. The van der Waals surface area contributed by atoms with Crippen molar-refractivity contribution < 1.29 is 23.7 Å². The van der Waals surface area contributed by atoms with Gasteiger partial charge in [0.25, 0.3) is 5.91 Å². The molecular formula is C23H27N5O5. The molecule has 1 amide bonds. The number of aryl methyl sites for hydroxylation is 1. The molecule has 4 rings (SSSR count). The first-order chi connectivity index (χ1) is 16.0. The summed E-state index contributed by atoms with van der Waals surface area (Å²) in [5.74, 6) is 1.65. The minimum Gasteiger partial charge on any atom is -0.497 e. The maximum atomic E-state index is 13.3. The van der Waals surface area contributed by atoms with Crippen LogP contribution in [-0.4, -0.2) is 71.1 Å². The van der Waals surface area contributed by atoms with Crippen LogP contribution in [-0.2, 0) is 7.05 Å². The zero-order valence-electron chi connectivity index (χ0n) is 19.1. The van der Waals surface area contributed by atoms with Gasteiger partial charge < -0.3 is 23.8 Å². The molecule has 2 aromatic heterocycles. The summed E-state index contributed by atoms with van der Waals surface area (Å²) in [6, 6.07) is 9.18. The number of nitrogens with zero attached hydrogens (tertiary/aromatic N) is 5. The van der Waals surface area contributed by atoms with Crippen LogP contribution in [0.25, 0.3) is 11.3 Å². The number of hydrogen-bond acceptors (Lipinski definition) is 8. The summed E-state index contributed by atoms with van der Waals surface area (Å²) >= 11 is 0. The van der Waals surface area contributed by atoms with Crippen molar-refractivity contribution in [1.82, 2.24) is 24.6 Å². The maximum Gasteiger partial charge on any atom is 0.319 e. The van der Waals surface area contributed by atoms with Gasteiger partial charge in [0, 0.05) is 31.4 Å². The monoisotopic (exact) mass is 453 g/mol. The number of ether oxygens (including phenoxy) is 4. The molecule has 1 atom stereocenters. The molecule has 1 aliphatic heterocycles. The number of carbonyl (C=O) groups excluding carboxylic acids is 1. The van der Waals surface area contributed by atoms with E-state index in [0.717, 1.165) is 18.4 Å². The van der Waals surface area contributed by atoms with Crippen molar-refractivity contribution in [1.29, 1.82) is 0 Å². The first kappa shape index (κ1) is 22.4. The lowest BCUT2D eigenvalue weighted by molar-refractivity contribution is 0.0516. The van der Waals surface area contributed by atoms with Crippen LogP contribution in [0.15, 0.2) is 36.5 Å². The third kappa shape index (κ3) is 4.84. The van der Waals surface area contributed by atoms with Gasteiger partial charge >= 0.3 is 6.01 Å². The lowest BCUT2D eigenvalue weighted by Gasteiger charge is -2.32. The van der Waals surface area contributed by atoms with E-state index < -0.39 is 0 Å². The van der Waals surface area contributed by atoms with Gasteiger partial charge in [-0.2, -0.15) is 10.1 Å². The van der Waals surface area contributed by atoms with Crippen LogP contribution in [0.1, 0.15) is 23.3 Å². The van der Waals surface area contributed by atoms with Crippen LogP contribution < -0.4 is 18.9 Å². The topological polar surface area (TPSA) is 101 Å². The predicted octanol–water partition coefficient (Wildman–Crippen LogP) is 2.59. The smallest absolute Gasteiger partial charge is 0.319 e. The molecule has 1 aromatic carbocycles. The normalized spacial score (nSPS) is 15.8. The number of carbonyl (C=O) groups is 1. The minimum atomic E-state index is -0.173. The van der Waals surface area contributed by atoms with Gasteiger partial charge in [-0.1, -0.05) is 0 Å². The summed E-state index contributed by atoms with van der Waals surface area (Å²) < 4.78 is 23.5. The molecule has 1 saturated heterocycles. The number of benzene rings is 1. The molecule has 10 heteroatoms. The highest BCUT2D eigenvalue weighted by atomic mass is 16.5. The van der Waals surface area contributed by atoms with Gasteiger partial charge in [-0.25, -0.2) is 4.98 Å².